The molecule has 0 saturated heterocycles. The first kappa shape index (κ1) is 14.2. The quantitative estimate of drug-likeness (QED) is 0.785. The molecule has 1 N–H and O–H groups in total. The van der Waals surface area contributed by atoms with E-state index in [0.717, 1.165) is 0 Å². The van der Waals surface area contributed by atoms with E-state index in [1.165, 1.54) is 30.4 Å². The van der Waals surface area contributed by atoms with E-state index in [1.807, 2.05) is 7.05 Å². The molecule has 0 aliphatic rings. The lowest BCUT2D eigenvalue weighted by molar-refractivity contribution is 0.405. The van der Waals surface area contributed by atoms with Crippen molar-refractivity contribution in [2.45, 2.75) is 58.4 Å². The molecule has 0 aromatic heterocycles. The zero-order chi connectivity index (χ0) is 12.9. The van der Waals surface area contributed by atoms with Gasteiger partial charge in [-0.2, -0.15) is 0 Å². The lowest BCUT2D eigenvalue weighted by Crippen LogP contribution is -2.30. The Morgan fingerprint density at radius 1 is 1.29 bits per heavy atom. The first-order chi connectivity index (χ1) is 7.99. The number of aryl methyl sites for hydroxylation is 1. The van der Waals surface area contributed by atoms with E-state index in [0.29, 0.717) is 6.04 Å². The van der Waals surface area contributed by atoms with Gasteiger partial charge in [0.2, 0.25) is 0 Å². The molecule has 0 spiro atoms. The van der Waals surface area contributed by atoms with E-state index >= 15 is 0 Å². The molecule has 1 aromatic carbocycles. The summed E-state index contributed by atoms with van der Waals surface area (Å²) >= 11 is 0. The molecule has 0 aliphatic carbocycles. The number of rotatable bonds is 6. The molecule has 0 bridgehead atoms. The average molecular weight is 233 g/mol. The summed E-state index contributed by atoms with van der Waals surface area (Å²) in [6.07, 6.45) is 3.57. The van der Waals surface area contributed by atoms with Crippen molar-refractivity contribution in [3.05, 3.63) is 35.4 Å². The summed E-state index contributed by atoms with van der Waals surface area (Å²) in [4.78, 5) is 0. The second-order valence-corrected chi connectivity index (χ2v) is 5.73. The van der Waals surface area contributed by atoms with Crippen molar-refractivity contribution >= 4 is 0 Å². The monoisotopic (exact) mass is 233 g/mol. The topological polar surface area (TPSA) is 12.0 Å². The molecular weight excluding hydrogens is 206 g/mol. The fourth-order valence-electron chi connectivity index (χ4n) is 2.42. The maximum Gasteiger partial charge on any atom is 0.00440 e. The zero-order valence-corrected chi connectivity index (χ0v) is 12.0. The maximum atomic E-state index is 3.33. The second-order valence-electron chi connectivity index (χ2n) is 5.73. The largest absolute Gasteiger partial charge is 0.317 e. The van der Waals surface area contributed by atoms with Crippen LogP contribution < -0.4 is 5.32 Å². The minimum absolute atomic E-state index is 0.242. The Balaban J connectivity index is 2.85. The van der Waals surface area contributed by atoms with E-state index in [9.17, 15) is 0 Å². The van der Waals surface area contributed by atoms with Crippen LogP contribution in [0.5, 0.6) is 0 Å². The van der Waals surface area contributed by atoms with Gasteiger partial charge in [-0.15, -0.1) is 0 Å². The Hall–Kier alpha value is -0.820. The normalized spacial score (nSPS) is 13.7. The summed E-state index contributed by atoms with van der Waals surface area (Å²) in [7, 11) is 2.04. The highest BCUT2D eigenvalue weighted by Crippen LogP contribution is 2.29. The molecule has 17 heavy (non-hydrogen) atoms. The van der Waals surface area contributed by atoms with Gasteiger partial charge >= 0.3 is 0 Å². The Morgan fingerprint density at radius 3 is 2.59 bits per heavy atom. The van der Waals surface area contributed by atoms with E-state index in [1.54, 1.807) is 0 Å². The van der Waals surface area contributed by atoms with Crippen LogP contribution in [0, 0.1) is 0 Å². The van der Waals surface area contributed by atoms with Crippen molar-refractivity contribution in [1.29, 1.82) is 0 Å². The highest BCUT2D eigenvalue weighted by Gasteiger charge is 2.22. The third-order valence-corrected chi connectivity index (χ3v) is 3.56. The van der Waals surface area contributed by atoms with Crippen LogP contribution in [0.15, 0.2) is 24.3 Å². The smallest absolute Gasteiger partial charge is 0.00440 e. The Kier molecular flexibility index (Phi) is 5.20. The van der Waals surface area contributed by atoms with E-state index in [4.69, 9.17) is 0 Å². The molecule has 1 rings (SSSR count). The minimum atomic E-state index is 0.242. The lowest BCUT2D eigenvalue weighted by Gasteiger charge is -2.29. The van der Waals surface area contributed by atoms with Crippen LogP contribution >= 0.6 is 0 Å². The Morgan fingerprint density at radius 2 is 2.00 bits per heavy atom. The molecule has 96 valence electrons. The van der Waals surface area contributed by atoms with Gasteiger partial charge in [-0.05, 0) is 43.4 Å². The highest BCUT2D eigenvalue weighted by atomic mass is 14.9. The summed E-state index contributed by atoms with van der Waals surface area (Å²) in [5.41, 5.74) is 3.17. The second kappa shape index (κ2) is 6.20. The molecule has 0 saturated carbocycles. The molecule has 0 amide bonds. The molecule has 1 atom stereocenters. The third-order valence-electron chi connectivity index (χ3n) is 3.56. The standard InChI is InChI=1S/C16H27N/c1-6-8-14-9-7-10-15(11-14)16(3,4)12-13(2)17-5/h7,9-11,13,17H,6,8,12H2,1-5H3. The molecular formula is C16H27N. The first-order valence-electron chi connectivity index (χ1n) is 6.76. The molecule has 0 radical (unpaired) electrons. The number of benzene rings is 1. The molecule has 1 nitrogen and oxygen atoms in total. The van der Waals surface area contributed by atoms with Gasteiger partial charge in [-0.1, -0.05) is 51.5 Å². The van der Waals surface area contributed by atoms with Gasteiger partial charge in [0.25, 0.3) is 0 Å². The first-order valence-corrected chi connectivity index (χ1v) is 6.76. The van der Waals surface area contributed by atoms with E-state index < -0.39 is 0 Å². The van der Waals surface area contributed by atoms with Crippen molar-refractivity contribution < 1.29 is 0 Å². The van der Waals surface area contributed by atoms with Crippen molar-refractivity contribution in [3.63, 3.8) is 0 Å². The summed E-state index contributed by atoms with van der Waals surface area (Å²) in [6, 6.07) is 9.64. The van der Waals surface area contributed by atoms with E-state index in [-0.39, 0.29) is 5.41 Å². The van der Waals surface area contributed by atoms with Crippen molar-refractivity contribution in [2.24, 2.45) is 0 Å². The van der Waals surface area contributed by atoms with Crippen molar-refractivity contribution in [1.82, 2.24) is 5.32 Å². The van der Waals surface area contributed by atoms with Crippen LogP contribution in [0.4, 0.5) is 0 Å². The summed E-state index contributed by atoms with van der Waals surface area (Å²) in [5, 5.41) is 3.33. The molecule has 0 heterocycles. The molecule has 1 unspecified atom stereocenters. The lowest BCUT2D eigenvalue weighted by atomic mass is 9.78. The van der Waals surface area contributed by atoms with Crippen LogP contribution in [0.25, 0.3) is 0 Å². The van der Waals surface area contributed by atoms with Gasteiger partial charge in [0.05, 0.1) is 0 Å². The molecule has 0 fully saturated rings. The van der Waals surface area contributed by atoms with Crippen molar-refractivity contribution in [2.75, 3.05) is 7.05 Å². The van der Waals surface area contributed by atoms with E-state index in [2.05, 4.69) is 57.3 Å². The van der Waals surface area contributed by atoms with Crippen LogP contribution in [0.3, 0.4) is 0 Å². The Labute approximate surface area is 107 Å². The number of nitrogens with one attached hydrogen (secondary N) is 1. The molecule has 1 heteroatoms. The predicted molar refractivity (Wildman–Crippen MR) is 76.6 cm³/mol. The van der Waals surface area contributed by atoms with Gasteiger partial charge in [0.1, 0.15) is 0 Å². The summed E-state index contributed by atoms with van der Waals surface area (Å²) in [6.45, 7) is 9.16. The van der Waals surface area contributed by atoms with Crippen LogP contribution in [0.1, 0.15) is 51.7 Å². The molecule has 0 aliphatic heterocycles. The van der Waals surface area contributed by atoms with Gasteiger partial charge in [-0.25, -0.2) is 0 Å². The average Bonchev–Trinajstić information content (AvgIpc) is 2.29. The Bertz CT molecular complexity index is 341. The zero-order valence-electron chi connectivity index (χ0n) is 12.0. The fourth-order valence-corrected chi connectivity index (χ4v) is 2.42. The van der Waals surface area contributed by atoms with Gasteiger partial charge in [0, 0.05) is 6.04 Å². The third kappa shape index (κ3) is 4.16. The SMILES string of the molecule is CCCc1cccc(C(C)(C)CC(C)NC)c1. The number of hydrogen-bond acceptors (Lipinski definition) is 1. The maximum absolute atomic E-state index is 3.33. The fraction of sp³-hybridized carbons (Fsp3) is 0.625. The van der Waals surface area contributed by atoms with Crippen molar-refractivity contribution in [3.8, 4) is 0 Å². The summed E-state index contributed by atoms with van der Waals surface area (Å²) in [5.74, 6) is 0. The van der Waals surface area contributed by atoms with Crippen LogP contribution in [-0.4, -0.2) is 13.1 Å². The number of hydrogen-bond donors (Lipinski definition) is 1. The predicted octanol–water partition coefficient (Wildman–Crippen LogP) is 3.91. The van der Waals surface area contributed by atoms with Gasteiger partial charge < -0.3 is 5.32 Å². The minimum Gasteiger partial charge on any atom is -0.317 e. The van der Waals surface area contributed by atoms with Crippen LogP contribution in [-0.2, 0) is 11.8 Å². The van der Waals surface area contributed by atoms with Gasteiger partial charge in [0.15, 0.2) is 0 Å². The molecule has 1 aromatic rings. The van der Waals surface area contributed by atoms with Gasteiger partial charge in [-0.3, -0.25) is 0 Å². The highest BCUT2D eigenvalue weighted by molar-refractivity contribution is 5.29. The van der Waals surface area contributed by atoms with Crippen LogP contribution in [0.2, 0.25) is 0 Å². The summed E-state index contributed by atoms with van der Waals surface area (Å²) < 4.78 is 0.